The van der Waals surface area contributed by atoms with E-state index in [2.05, 4.69) is 31.4 Å². The second-order valence-electron chi connectivity index (χ2n) is 3.84. The summed E-state index contributed by atoms with van der Waals surface area (Å²) in [6, 6.07) is 0. The molecule has 0 aliphatic carbocycles. The van der Waals surface area contributed by atoms with Gasteiger partial charge in [0.05, 0.1) is 6.10 Å². The lowest BCUT2D eigenvalue weighted by molar-refractivity contribution is -0.390. The SMILES string of the molecule is O=C(NCC1CCCO1)c1n[nH]c([N+](=O)[O-])c1Br. The van der Waals surface area contributed by atoms with Crippen LogP contribution in [0.1, 0.15) is 23.3 Å². The Hall–Kier alpha value is -1.48. The molecule has 1 amide bonds. The van der Waals surface area contributed by atoms with Crippen molar-refractivity contribution in [3.63, 3.8) is 0 Å². The normalized spacial score (nSPS) is 18.8. The second kappa shape index (κ2) is 5.44. The zero-order chi connectivity index (χ0) is 13.1. The van der Waals surface area contributed by atoms with Crippen molar-refractivity contribution < 1.29 is 14.5 Å². The Bertz CT molecular complexity index is 469. The quantitative estimate of drug-likeness (QED) is 0.635. The molecular weight excluding hydrogens is 308 g/mol. The smallest absolute Gasteiger partial charge is 0.357 e. The minimum absolute atomic E-state index is 0.0154. The Balaban J connectivity index is 1.98. The number of amides is 1. The van der Waals surface area contributed by atoms with E-state index < -0.39 is 10.8 Å². The van der Waals surface area contributed by atoms with E-state index in [1.165, 1.54) is 0 Å². The number of H-pyrrole nitrogens is 1. The molecule has 1 unspecified atom stereocenters. The van der Waals surface area contributed by atoms with Crippen LogP contribution < -0.4 is 5.32 Å². The maximum Gasteiger partial charge on any atom is 0.357 e. The van der Waals surface area contributed by atoms with Crippen molar-refractivity contribution in [1.29, 1.82) is 0 Å². The predicted molar refractivity (Wildman–Crippen MR) is 64.2 cm³/mol. The van der Waals surface area contributed by atoms with Gasteiger partial charge >= 0.3 is 5.82 Å². The molecule has 1 aliphatic rings. The number of ether oxygens (including phenoxy) is 1. The first-order valence-electron chi connectivity index (χ1n) is 5.37. The van der Waals surface area contributed by atoms with Gasteiger partial charge in [0.1, 0.15) is 4.47 Å². The summed E-state index contributed by atoms with van der Waals surface area (Å²) in [4.78, 5) is 21.7. The summed E-state index contributed by atoms with van der Waals surface area (Å²) >= 11 is 2.98. The van der Waals surface area contributed by atoms with Crippen LogP contribution in [-0.4, -0.2) is 40.3 Å². The van der Waals surface area contributed by atoms with Gasteiger partial charge in [0.2, 0.25) is 0 Å². The van der Waals surface area contributed by atoms with Gasteiger partial charge in [-0.15, -0.1) is 5.10 Å². The molecule has 1 saturated heterocycles. The highest BCUT2D eigenvalue weighted by Gasteiger charge is 2.25. The number of hydrogen-bond acceptors (Lipinski definition) is 5. The Morgan fingerprint density at radius 2 is 2.50 bits per heavy atom. The average molecular weight is 319 g/mol. The first kappa shape index (κ1) is 13.0. The van der Waals surface area contributed by atoms with E-state index >= 15 is 0 Å². The number of carbonyl (C=O) groups is 1. The highest BCUT2D eigenvalue weighted by Crippen LogP contribution is 2.25. The molecule has 0 bridgehead atoms. The second-order valence-corrected chi connectivity index (χ2v) is 4.63. The lowest BCUT2D eigenvalue weighted by atomic mass is 10.2. The maximum atomic E-state index is 11.8. The van der Waals surface area contributed by atoms with Crippen LogP contribution in [0.2, 0.25) is 0 Å². The number of carbonyl (C=O) groups excluding carboxylic acids is 1. The first-order chi connectivity index (χ1) is 8.59. The Morgan fingerprint density at radius 3 is 3.06 bits per heavy atom. The lowest BCUT2D eigenvalue weighted by Crippen LogP contribution is -2.32. The van der Waals surface area contributed by atoms with Crippen molar-refractivity contribution in [3.05, 3.63) is 20.3 Å². The van der Waals surface area contributed by atoms with Crippen molar-refractivity contribution in [2.45, 2.75) is 18.9 Å². The molecular formula is C9H11BrN4O4. The molecule has 1 atom stereocenters. The molecule has 9 heteroatoms. The van der Waals surface area contributed by atoms with E-state index in [4.69, 9.17) is 4.74 Å². The molecule has 2 heterocycles. The summed E-state index contributed by atoms with van der Waals surface area (Å²) in [5, 5.41) is 19.0. The number of nitrogens with zero attached hydrogens (tertiary/aromatic N) is 2. The van der Waals surface area contributed by atoms with Crippen molar-refractivity contribution >= 4 is 27.7 Å². The van der Waals surface area contributed by atoms with Gasteiger partial charge in [0.15, 0.2) is 5.69 Å². The van der Waals surface area contributed by atoms with Crippen molar-refractivity contribution in [1.82, 2.24) is 15.5 Å². The summed E-state index contributed by atoms with van der Waals surface area (Å²) in [6.07, 6.45) is 1.90. The number of halogens is 1. The van der Waals surface area contributed by atoms with Gasteiger partial charge in [0, 0.05) is 13.2 Å². The molecule has 98 valence electrons. The molecule has 1 aromatic rings. The van der Waals surface area contributed by atoms with Gasteiger partial charge in [-0.2, -0.15) is 0 Å². The highest BCUT2D eigenvalue weighted by molar-refractivity contribution is 9.10. The summed E-state index contributed by atoms with van der Waals surface area (Å²) < 4.78 is 5.40. The minimum Gasteiger partial charge on any atom is -0.376 e. The van der Waals surface area contributed by atoms with Gasteiger partial charge in [0.25, 0.3) is 5.91 Å². The van der Waals surface area contributed by atoms with E-state index in [1.54, 1.807) is 0 Å². The third kappa shape index (κ3) is 2.67. The van der Waals surface area contributed by atoms with Crippen LogP contribution in [0.3, 0.4) is 0 Å². The third-order valence-corrected chi connectivity index (χ3v) is 3.35. The van der Waals surface area contributed by atoms with Gasteiger partial charge in [-0.1, -0.05) is 5.10 Å². The molecule has 2 N–H and O–H groups in total. The molecule has 0 spiro atoms. The van der Waals surface area contributed by atoms with Gasteiger partial charge in [-0.05, 0) is 33.7 Å². The zero-order valence-corrected chi connectivity index (χ0v) is 10.9. The molecule has 18 heavy (non-hydrogen) atoms. The van der Waals surface area contributed by atoms with Crippen LogP contribution in [0.15, 0.2) is 4.47 Å². The molecule has 0 radical (unpaired) electrons. The number of aromatic amines is 1. The number of nitrogens with one attached hydrogen (secondary N) is 2. The van der Waals surface area contributed by atoms with Gasteiger partial charge in [-0.3, -0.25) is 4.79 Å². The van der Waals surface area contributed by atoms with Crippen LogP contribution in [0, 0.1) is 10.1 Å². The standard InChI is InChI=1S/C9H11BrN4O4/c10-6-7(12-13-8(6)14(16)17)9(15)11-4-5-2-1-3-18-5/h5H,1-4H2,(H,11,15)(H,12,13). The predicted octanol–water partition coefficient (Wildman–Crippen LogP) is 0.989. The largest absolute Gasteiger partial charge is 0.376 e. The summed E-state index contributed by atoms with van der Waals surface area (Å²) in [5.41, 5.74) is -0.0281. The van der Waals surface area contributed by atoms with Crippen LogP contribution >= 0.6 is 15.9 Å². The van der Waals surface area contributed by atoms with E-state index in [1.807, 2.05) is 0 Å². The molecule has 1 aromatic heterocycles. The van der Waals surface area contributed by atoms with Crippen molar-refractivity contribution in [2.24, 2.45) is 0 Å². The van der Waals surface area contributed by atoms with E-state index in [0.717, 1.165) is 12.8 Å². The number of hydrogen-bond donors (Lipinski definition) is 2. The topological polar surface area (TPSA) is 110 Å². The first-order valence-corrected chi connectivity index (χ1v) is 6.17. The summed E-state index contributed by atoms with van der Waals surface area (Å²) in [5.74, 6) is -0.806. The number of nitro groups is 1. The van der Waals surface area contributed by atoms with E-state index in [-0.39, 0.29) is 22.1 Å². The van der Waals surface area contributed by atoms with Gasteiger partial charge < -0.3 is 20.2 Å². The Morgan fingerprint density at radius 1 is 1.72 bits per heavy atom. The molecule has 1 aliphatic heterocycles. The highest BCUT2D eigenvalue weighted by atomic mass is 79.9. The Labute approximate surface area is 110 Å². The minimum atomic E-state index is -0.645. The van der Waals surface area contributed by atoms with E-state index in [0.29, 0.717) is 13.2 Å². The molecule has 0 saturated carbocycles. The van der Waals surface area contributed by atoms with Crippen LogP contribution in [0.5, 0.6) is 0 Å². The van der Waals surface area contributed by atoms with Crippen molar-refractivity contribution in [2.75, 3.05) is 13.2 Å². The summed E-state index contributed by atoms with van der Waals surface area (Å²) in [7, 11) is 0. The van der Waals surface area contributed by atoms with Crippen molar-refractivity contribution in [3.8, 4) is 0 Å². The van der Waals surface area contributed by atoms with Gasteiger partial charge in [-0.25, -0.2) is 0 Å². The number of rotatable bonds is 4. The average Bonchev–Trinajstić information content (AvgIpc) is 2.94. The fraction of sp³-hybridized carbons (Fsp3) is 0.556. The monoisotopic (exact) mass is 318 g/mol. The maximum absolute atomic E-state index is 11.8. The molecule has 8 nitrogen and oxygen atoms in total. The third-order valence-electron chi connectivity index (χ3n) is 2.60. The lowest BCUT2D eigenvalue weighted by Gasteiger charge is -2.09. The molecule has 0 aromatic carbocycles. The van der Waals surface area contributed by atoms with Crippen LogP contribution in [0.25, 0.3) is 0 Å². The fourth-order valence-electron chi connectivity index (χ4n) is 1.69. The van der Waals surface area contributed by atoms with Crippen LogP contribution in [0.4, 0.5) is 5.82 Å². The fourth-order valence-corrected chi connectivity index (χ4v) is 2.19. The van der Waals surface area contributed by atoms with E-state index in [9.17, 15) is 14.9 Å². The molecule has 2 rings (SSSR count). The zero-order valence-electron chi connectivity index (χ0n) is 9.31. The molecule has 1 fully saturated rings. The van der Waals surface area contributed by atoms with Crippen LogP contribution in [-0.2, 0) is 4.74 Å². The number of aromatic nitrogens is 2. The summed E-state index contributed by atoms with van der Waals surface area (Å²) in [6.45, 7) is 1.09. The Kier molecular flexibility index (Phi) is 3.92.